The van der Waals surface area contributed by atoms with Crippen molar-refractivity contribution in [1.29, 1.82) is 0 Å². The van der Waals surface area contributed by atoms with Gasteiger partial charge in [-0.05, 0) is 23.8 Å². The van der Waals surface area contributed by atoms with E-state index >= 15 is 0 Å². The van der Waals surface area contributed by atoms with Crippen molar-refractivity contribution in [1.82, 2.24) is 9.97 Å². The molecule has 0 unspecified atom stereocenters. The Bertz CT molecular complexity index is 737. The minimum Gasteiger partial charge on any atom is -0.493 e. The maximum Gasteiger partial charge on any atom is 0.278 e. The fourth-order valence-electron chi connectivity index (χ4n) is 2.12. The molecular weight excluding hydrogens is 278 g/mol. The summed E-state index contributed by atoms with van der Waals surface area (Å²) in [6.07, 6.45) is 2.79. The van der Waals surface area contributed by atoms with Crippen molar-refractivity contribution >= 4 is 15.7 Å². The molecule has 6 nitrogen and oxygen atoms in total. The van der Waals surface area contributed by atoms with E-state index in [1.165, 1.54) is 6.20 Å². The van der Waals surface area contributed by atoms with Crippen molar-refractivity contribution in [2.45, 2.75) is 24.8 Å². The molecule has 7 heteroatoms. The molecule has 106 valence electrons. The number of aromatic nitrogens is 2. The average molecular weight is 293 g/mol. The van der Waals surface area contributed by atoms with Crippen molar-refractivity contribution < 1.29 is 13.2 Å². The maximum atomic E-state index is 12.2. The van der Waals surface area contributed by atoms with Crippen LogP contribution < -0.4 is 9.46 Å². The lowest BCUT2D eigenvalue weighted by molar-refractivity contribution is 0.357. The first-order chi connectivity index (χ1) is 9.58. The number of rotatable bonds is 4. The third-order valence-corrected chi connectivity index (χ3v) is 4.46. The molecule has 0 atom stereocenters. The summed E-state index contributed by atoms with van der Waals surface area (Å²) in [4.78, 5) is 6.80. The first-order valence-corrected chi connectivity index (χ1v) is 7.89. The molecule has 1 aliphatic heterocycles. The summed E-state index contributed by atoms with van der Waals surface area (Å²) in [6.45, 7) is 2.55. The molecule has 1 aromatic carbocycles. The van der Waals surface area contributed by atoms with Gasteiger partial charge in [-0.2, -0.15) is 8.42 Å². The molecule has 1 aromatic heterocycles. The van der Waals surface area contributed by atoms with Gasteiger partial charge in [0.15, 0.2) is 5.03 Å². The number of aromatic amines is 1. The highest BCUT2D eigenvalue weighted by Crippen LogP contribution is 2.28. The molecule has 1 aliphatic rings. The zero-order chi connectivity index (χ0) is 14.2. The number of aryl methyl sites for hydroxylation is 1. The molecule has 0 bridgehead atoms. The fourth-order valence-corrected chi connectivity index (χ4v) is 3.11. The van der Waals surface area contributed by atoms with Gasteiger partial charge in [0.2, 0.25) is 0 Å². The van der Waals surface area contributed by atoms with Crippen LogP contribution in [-0.2, 0) is 22.9 Å². The zero-order valence-electron chi connectivity index (χ0n) is 11.0. The summed E-state index contributed by atoms with van der Waals surface area (Å²) in [5.41, 5.74) is 1.55. The van der Waals surface area contributed by atoms with Crippen molar-refractivity contribution in [3.8, 4) is 5.75 Å². The Morgan fingerprint density at radius 1 is 1.45 bits per heavy atom. The molecule has 2 N–H and O–H groups in total. The van der Waals surface area contributed by atoms with Gasteiger partial charge < -0.3 is 9.72 Å². The number of nitrogens with one attached hydrogen (secondary N) is 2. The number of anilines is 1. The van der Waals surface area contributed by atoms with Crippen molar-refractivity contribution in [2.75, 3.05) is 11.3 Å². The second-order valence-corrected chi connectivity index (χ2v) is 6.22. The molecule has 0 radical (unpaired) electrons. The van der Waals surface area contributed by atoms with Crippen molar-refractivity contribution in [2.24, 2.45) is 0 Å². The van der Waals surface area contributed by atoms with Gasteiger partial charge in [0, 0.05) is 18.5 Å². The Morgan fingerprint density at radius 3 is 3.05 bits per heavy atom. The zero-order valence-corrected chi connectivity index (χ0v) is 11.8. The first kappa shape index (κ1) is 13.0. The number of hydrogen-bond acceptors (Lipinski definition) is 4. The topological polar surface area (TPSA) is 84.1 Å². The monoisotopic (exact) mass is 293 g/mol. The van der Waals surface area contributed by atoms with Gasteiger partial charge in [-0.3, -0.25) is 4.72 Å². The predicted octanol–water partition coefficient (Wildman–Crippen LogP) is 1.71. The SMILES string of the molecule is CCc1ncc(S(=O)(=O)Nc2ccc3c(c2)CCO3)[nH]1. The molecule has 0 aliphatic carbocycles. The minimum absolute atomic E-state index is 0.0751. The van der Waals surface area contributed by atoms with E-state index in [2.05, 4.69) is 14.7 Å². The van der Waals surface area contributed by atoms with Crippen LogP contribution in [0.4, 0.5) is 5.69 Å². The molecule has 2 aromatic rings. The smallest absolute Gasteiger partial charge is 0.278 e. The standard InChI is InChI=1S/C13H15N3O3S/c1-2-12-14-8-13(15-12)20(17,18)16-10-3-4-11-9(7-10)5-6-19-11/h3-4,7-8,16H,2,5-6H2,1H3,(H,14,15). The lowest BCUT2D eigenvalue weighted by Gasteiger charge is -2.07. The summed E-state index contributed by atoms with van der Waals surface area (Å²) >= 11 is 0. The fraction of sp³-hybridized carbons (Fsp3) is 0.308. The van der Waals surface area contributed by atoms with E-state index in [0.29, 0.717) is 24.5 Å². The number of nitrogens with zero attached hydrogens (tertiary/aromatic N) is 1. The number of benzene rings is 1. The van der Waals surface area contributed by atoms with Crippen LogP contribution in [0.25, 0.3) is 0 Å². The summed E-state index contributed by atoms with van der Waals surface area (Å²) < 4.78 is 32.4. The number of imidazole rings is 1. The summed E-state index contributed by atoms with van der Waals surface area (Å²) in [7, 11) is -3.63. The molecule has 0 saturated heterocycles. The van der Waals surface area contributed by atoms with Crippen LogP contribution in [0.15, 0.2) is 29.4 Å². The Kier molecular flexibility index (Phi) is 3.13. The molecular formula is C13H15N3O3S. The van der Waals surface area contributed by atoms with Crippen LogP contribution in [0.5, 0.6) is 5.75 Å². The van der Waals surface area contributed by atoms with Crippen LogP contribution >= 0.6 is 0 Å². The molecule has 3 rings (SSSR count). The third-order valence-electron chi connectivity index (χ3n) is 3.17. The Hall–Kier alpha value is -2.02. The van der Waals surface area contributed by atoms with Crippen LogP contribution in [0.2, 0.25) is 0 Å². The highest BCUT2D eigenvalue weighted by molar-refractivity contribution is 7.92. The maximum absolute atomic E-state index is 12.2. The van der Waals surface area contributed by atoms with Gasteiger partial charge in [-0.25, -0.2) is 4.98 Å². The van der Waals surface area contributed by atoms with Gasteiger partial charge in [0.25, 0.3) is 10.0 Å². The van der Waals surface area contributed by atoms with Crippen LogP contribution in [0, 0.1) is 0 Å². The lowest BCUT2D eigenvalue weighted by Crippen LogP contribution is -2.13. The highest BCUT2D eigenvalue weighted by Gasteiger charge is 2.19. The van der Waals surface area contributed by atoms with E-state index in [1.807, 2.05) is 6.92 Å². The van der Waals surface area contributed by atoms with Gasteiger partial charge in [-0.15, -0.1) is 0 Å². The third kappa shape index (κ3) is 2.36. The second kappa shape index (κ2) is 4.82. The molecule has 20 heavy (non-hydrogen) atoms. The van der Waals surface area contributed by atoms with Crippen LogP contribution in [-0.4, -0.2) is 25.0 Å². The number of ether oxygens (including phenoxy) is 1. The normalized spacial score (nSPS) is 13.8. The quantitative estimate of drug-likeness (QED) is 0.898. The van der Waals surface area contributed by atoms with Crippen molar-refractivity contribution in [3.05, 3.63) is 35.8 Å². The van der Waals surface area contributed by atoms with Gasteiger partial charge >= 0.3 is 0 Å². The van der Waals surface area contributed by atoms with E-state index in [-0.39, 0.29) is 5.03 Å². The lowest BCUT2D eigenvalue weighted by atomic mass is 10.1. The largest absolute Gasteiger partial charge is 0.493 e. The van der Waals surface area contributed by atoms with Crippen LogP contribution in [0.1, 0.15) is 18.3 Å². The molecule has 0 saturated carbocycles. The minimum atomic E-state index is -3.63. The molecule has 0 spiro atoms. The molecule has 0 amide bonds. The molecule has 0 fully saturated rings. The Balaban J connectivity index is 1.86. The average Bonchev–Trinajstić information content (AvgIpc) is 3.06. The number of sulfonamides is 1. The van der Waals surface area contributed by atoms with E-state index < -0.39 is 10.0 Å². The second-order valence-electron chi connectivity index (χ2n) is 4.57. The van der Waals surface area contributed by atoms with Gasteiger partial charge in [0.05, 0.1) is 12.8 Å². The number of fused-ring (bicyclic) bond motifs is 1. The van der Waals surface area contributed by atoms with Crippen molar-refractivity contribution in [3.63, 3.8) is 0 Å². The summed E-state index contributed by atoms with van der Waals surface area (Å²) in [5, 5.41) is 0.0751. The number of H-pyrrole nitrogens is 1. The predicted molar refractivity (Wildman–Crippen MR) is 74.4 cm³/mol. The Morgan fingerprint density at radius 2 is 2.30 bits per heavy atom. The van der Waals surface area contributed by atoms with E-state index in [0.717, 1.165) is 17.7 Å². The van der Waals surface area contributed by atoms with Gasteiger partial charge in [0.1, 0.15) is 11.6 Å². The van der Waals surface area contributed by atoms with Gasteiger partial charge in [-0.1, -0.05) is 6.92 Å². The van der Waals surface area contributed by atoms with E-state index in [9.17, 15) is 8.42 Å². The van der Waals surface area contributed by atoms with E-state index in [1.54, 1.807) is 18.2 Å². The Labute approximate surface area is 117 Å². The molecule has 2 heterocycles. The summed E-state index contributed by atoms with van der Waals surface area (Å²) in [5.74, 6) is 1.47. The number of hydrogen-bond donors (Lipinski definition) is 2. The summed E-state index contributed by atoms with van der Waals surface area (Å²) in [6, 6.07) is 5.28. The first-order valence-electron chi connectivity index (χ1n) is 6.41. The van der Waals surface area contributed by atoms with E-state index in [4.69, 9.17) is 4.74 Å². The highest BCUT2D eigenvalue weighted by atomic mass is 32.2. The van der Waals surface area contributed by atoms with Crippen LogP contribution in [0.3, 0.4) is 0 Å².